The molecule has 0 fully saturated rings. The Balaban J connectivity index is 1.82. The molecule has 1 aromatic heterocycles. The molecule has 0 spiro atoms. The van der Waals surface area contributed by atoms with Crippen molar-refractivity contribution >= 4 is 33.2 Å². The molecule has 0 saturated heterocycles. The van der Waals surface area contributed by atoms with Gasteiger partial charge in [-0.05, 0) is 54.1 Å². The maximum atomic E-state index is 12.7. The second-order valence-corrected chi connectivity index (χ2v) is 8.21. The lowest BCUT2D eigenvalue weighted by Gasteiger charge is -2.13. The number of ether oxygens (including phenoxy) is 1. The Kier molecular flexibility index (Phi) is 6.48. The van der Waals surface area contributed by atoms with Gasteiger partial charge < -0.3 is 10.1 Å². The summed E-state index contributed by atoms with van der Waals surface area (Å²) >= 11 is 5.84. The van der Waals surface area contributed by atoms with Crippen molar-refractivity contribution in [3.8, 4) is 5.75 Å². The van der Waals surface area contributed by atoms with Crippen molar-refractivity contribution in [3.63, 3.8) is 0 Å². The average Bonchev–Trinajstić information content (AvgIpc) is 2.73. The summed E-state index contributed by atoms with van der Waals surface area (Å²) in [6.45, 7) is 0.0919. The number of methoxy groups -OCH3 is 1. The first-order valence-electron chi connectivity index (χ1n) is 8.52. The van der Waals surface area contributed by atoms with E-state index in [2.05, 4.69) is 15.0 Å². The van der Waals surface area contributed by atoms with Crippen LogP contribution in [0.4, 0.5) is 5.69 Å². The number of pyridine rings is 1. The number of amides is 1. The Morgan fingerprint density at radius 3 is 2.55 bits per heavy atom. The highest BCUT2D eigenvalue weighted by atomic mass is 35.5. The first-order valence-corrected chi connectivity index (χ1v) is 10.4. The van der Waals surface area contributed by atoms with Crippen molar-refractivity contribution in [2.75, 3.05) is 12.4 Å². The molecule has 0 aliphatic rings. The quantitative estimate of drug-likeness (QED) is 0.597. The van der Waals surface area contributed by atoms with Crippen LogP contribution in [0.15, 0.2) is 71.9 Å². The van der Waals surface area contributed by atoms with E-state index in [1.54, 1.807) is 48.8 Å². The molecule has 0 saturated carbocycles. The summed E-state index contributed by atoms with van der Waals surface area (Å²) in [7, 11) is -2.38. The van der Waals surface area contributed by atoms with E-state index < -0.39 is 15.9 Å². The molecule has 0 unspecified atom stereocenters. The number of anilines is 1. The zero-order chi connectivity index (χ0) is 20.9. The number of halogens is 1. The number of benzene rings is 2. The highest BCUT2D eigenvalue weighted by Crippen LogP contribution is 2.28. The molecule has 0 bridgehead atoms. The molecule has 0 radical (unpaired) electrons. The molecule has 29 heavy (non-hydrogen) atoms. The van der Waals surface area contributed by atoms with Crippen LogP contribution in [0, 0.1) is 0 Å². The van der Waals surface area contributed by atoms with Crippen molar-refractivity contribution in [2.45, 2.75) is 11.4 Å². The molecule has 2 N–H and O–H groups in total. The molecule has 3 aromatic rings. The van der Waals surface area contributed by atoms with Crippen molar-refractivity contribution in [1.29, 1.82) is 0 Å². The normalized spacial score (nSPS) is 11.1. The number of carbonyl (C=O) groups excluding carboxylic acids is 1. The Hall–Kier alpha value is -2.94. The second-order valence-electron chi connectivity index (χ2n) is 6.01. The van der Waals surface area contributed by atoms with Crippen molar-refractivity contribution < 1.29 is 17.9 Å². The SMILES string of the molecule is COc1ccc(S(=O)(=O)NCc2cccnc2)cc1NC(=O)c1ccc(Cl)cc1. The third kappa shape index (κ3) is 5.32. The van der Waals surface area contributed by atoms with Crippen LogP contribution in [0.5, 0.6) is 5.75 Å². The summed E-state index contributed by atoms with van der Waals surface area (Å²) in [6, 6.07) is 14.0. The summed E-state index contributed by atoms with van der Waals surface area (Å²) in [4.78, 5) is 16.4. The number of hydrogen-bond donors (Lipinski definition) is 2. The minimum Gasteiger partial charge on any atom is -0.495 e. The van der Waals surface area contributed by atoms with E-state index >= 15 is 0 Å². The van der Waals surface area contributed by atoms with Gasteiger partial charge in [0.1, 0.15) is 5.75 Å². The largest absolute Gasteiger partial charge is 0.495 e. The van der Waals surface area contributed by atoms with Gasteiger partial charge >= 0.3 is 0 Å². The van der Waals surface area contributed by atoms with E-state index in [4.69, 9.17) is 16.3 Å². The molecule has 0 atom stereocenters. The standard InChI is InChI=1S/C20H18ClN3O4S/c1-28-19-9-8-17(29(26,27)23-13-14-3-2-10-22-12-14)11-18(19)24-20(25)15-4-6-16(21)7-5-15/h2-12,23H,13H2,1H3,(H,24,25). The van der Waals surface area contributed by atoms with Gasteiger partial charge in [-0.1, -0.05) is 17.7 Å². The van der Waals surface area contributed by atoms with Crippen LogP contribution in [0.2, 0.25) is 5.02 Å². The van der Waals surface area contributed by atoms with E-state index in [1.165, 1.54) is 25.3 Å². The van der Waals surface area contributed by atoms with Crippen LogP contribution < -0.4 is 14.8 Å². The number of aromatic nitrogens is 1. The van der Waals surface area contributed by atoms with Gasteiger partial charge in [-0.15, -0.1) is 0 Å². The van der Waals surface area contributed by atoms with Gasteiger partial charge in [-0.25, -0.2) is 13.1 Å². The fraction of sp³-hybridized carbons (Fsp3) is 0.100. The fourth-order valence-electron chi connectivity index (χ4n) is 2.51. The Bertz CT molecular complexity index is 1100. The second kappa shape index (κ2) is 9.04. The summed E-state index contributed by atoms with van der Waals surface area (Å²) in [6.07, 6.45) is 3.19. The van der Waals surface area contributed by atoms with Crippen molar-refractivity contribution in [1.82, 2.24) is 9.71 Å². The van der Waals surface area contributed by atoms with E-state index in [9.17, 15) is 13.2 Å². The molecule has 2 aromatic carbocycles. The Labute approximate surface area is 173 Å². The maximum Gasteiger partial charge on any atom is 0.255 e. The van der Waals surface area contributed by atoms with Gasteiger partial charge in [0.05, 0.1) is 17.7 Å². The van der Waals surface area contributed by atoms with Crippen LogP contribution in [-0.4, -0.2) is 26.4 Å². The highest BCUT2D eigenvalue weighted by molar-refractivity contribution is 7.89. The summed E-state index contributed by atoms with van der Waals surface area (Å²) in [5, 5.41) is 3.18. The number of nitrogens with one attached hydrogen (secondary N) is 2. The molecular formula is C20H18ClN3O4S. The summed E-state index contributed by atoms with van der Waals surface area (Å²) in [5.41, 5.74) is 1.33. The Morgan fingerprint density at radius 1 is 1.14 bits per heavy atom. The van der Waals surface area contributed by atoms with Gasteiger partial charge in [-0.3, -0.25) is 9.78 Å². The van der Waals surface area contributed by atoms with Crippen molar-refractivity contribution in [3.05, 3.63) is 83.1 Å². The molecule has 3 rings (SSSR count). The number of carbonyl (C=O) groups is 1. The number of hydrogen-bond acceptors (Lipinski definition) is 5. The molecule has 9 heteroatoms. The van der Waals surface area contributed by atoms with Crippen LogP contribution in [0.3, 0.4) is 0 Å². The third-order valence-corrected chi connectivity index (χ3v) is 5.68. The molecular weight excluding hydrogens is 414 g/mol. The van der Waals surface area contributed by atoms with Crippen molar-refractivity contribution in [2.24, 2.45) is 0 Å². The topological polar surface area (TPSA) is 97.4 Å². The predicted molar refractivity (Wildman–Crippen MR) is 111 cm³/mol. The number of nitrogens with zero attached hydrogens (tertiary/aromatic N) is 1. The lowest BCUT2D eigenvalue weighted by Crippen LogP contribution is -2.23. The maximum absolute atomic E-state index is 12.7. The van der Waals surface area contributed by atoms with Crippen LogP contribution in [-0.2, 0) is 16.6 Å². The number of rotatable bonds is 7. The van der Waals surface area contributed by atoms with E-state index in [0.29, 0.717) is 16.3 Å². The Morgan fingerprint density at radius 2 is 1.90 bits per heavy atom. The molecule has 1 heterocycles. The van der Waals surface area contributed by atoms with Crippen LogP contribution in [0.1, 0.15) is 15.9 Å². The smallest absolute Gasteiger partial charge is 0.255 e. The number of sulfonamides is 1. The lowest BCUT2D eigenvalue weighted by atomic mass is 10.2. The van der Waals surface area contributed by atoms with Crippen LogP contribution in [0.25, 0.3) is 0 Å². The minimum atomic E-state index is -3.81. The summed E-state index contributed by atoms with van der Waals surface area (Å²) in [5.74, 6) is -0.0867. The zero-order valence-corrected chi connectivity index (χ0v) is 17.0. The van der Waals surface area contributed by atoms with E-state index in [0.717, 1.165) is 5.56 Å². The van der Waals surface area contributed by atoms with Gasteiger partial charge in [-0.2, -0.15) is 0 Å². The molecule has 150 valence electrons. The zero-order valence-electron chi connectivity index (χ0n) is 15.4. The molecule has 0 aliphatic carbocycles. The van der Waals surface area contributed by atoms with Gasteiger partial charge in [0.25, 0.3) is 5.91 Å². The fourth-order valence-corrected chi connectivity index (χ4v) is 3.68. The molecule has 1 amide bonds. The highest BCUT2D eigenvalue weighted by Gasteiger charge is 2.18. The van der Waals surface area contributed by atoms with E-state index in [1.807, 2.05) is 0 Å². The summed E-state index contributed by atoms with van der Waals surface area (Å²) < 4.78 is 33.1. The van der Waals surface area contributed by atoms with Gasteiger partial charge in [0.15, 0.2) is 0 Å². The minimum absolute atomic E-state index is 0.00593. The lowest BCUT2D eigenvalue weighted by molar-refractivity contribution is 0.102. The van der Waals surface area contributed by atoms with Crippen LogP contribution >= 0.6 is 11.6 Å². The predicted octanol–water partition coefficient (Wildman–Crippen LogP) is 3.47. The third-order valence-electron chi connectivity index (χ3n) is 4.02. The van der Waals surface area contributed by atoms with Gasteiger partial charge in [0.2, 0.25) is 10.0 Å². The monoisotopic (exact) mass is 431 g/mol. The van der Waals surface area contributed by atoms with Gasteiger partial charge in [0, 0.05) is 29.5 Å². The molecule has 7 nitrogen and oxygen atoms in total. The molecule has 0 aliphatic heterocycles. The average molecular weight is 432 g/mol. The first kappa shape index (κ1) is 20.8. The van der Waals surface area contributed by atoms with E-state index in [-0.39, 0.29) is 17.1 Å². The first-order chi connectivity index (χ1) is 13.9.